The topological polar surface area (TPSA) is 102 Å². The molecule has 1 N–H and O–H groups in total. The zero-order chi connectivity index (χ0) is 26.3. The number of carbonyl (C=O) groups is 2. The molecule has 11 heteroatoms. The normalized spacial score (nSPS) is 11.0. The zero-order valence-corrected chi connectivity index (χ0v) is 21.1. The lowest BCUT2D eigenvalue weighted by molar-refractivity contribution is -0.114. The van der Waals surface area contributed by atoms with Crippen LogP contribution in [0.25, 0.3) is 0 Å². The first kappa shape index (κ1) is 27.0. The summed E-state index contributed by atoms with van der Waals surface area (Å²) in [6.07, 6.45) is 0. The Morgan fingerprint density at radius 1 is 0.972 bits per heavy atom. The smallest absolute Gasteiger partial charge is 0.338 e. The van der Waals surface area contributed by atoms with Crippen LogP contribution in [0.1, 0.15) is 24.2 Å². The van der Waals surface area contributed by atoms with Crippen molar-refractivity contribution in [2.75, 3.05) is 29.4 Å². The summed E-state index contributed by atoms with van der Waals surface area (Å²) in [5.41, 5.74) is 0.460. The number of esters is 1. The van der Waals surface area contributed by atoms with E-state index < -0.39 is 34.3 Å². The number of ether oxygens (including phenoxy) is 2. The average Bonchev–Trinajstić information content (AvgIpc) is 2.85. The van der Waals surface area contributed by atoms with Gasteiger partial charge in [0, 0.05) is 0 Å². The highest BCUT2D eigenvalue weighted by Gasteiger charge is 2.28. The molecule has 3 rings (SSSR count). The predicted molar refractivity (Wildman–Crippen MR) is 135 cm³/mol. The summed E-state index contributed by atoms with van der Waals surface area (Å²) in [6.45, 7) is 3.45. The Balaban J connectivity index is 1.88. The van der Waals surface area contributed by atoms with Crippen molar-refractivity contribution in [3.63, 3.8) is 0 Å². The van der Waals surface area contributed by atoms with Crippen molar-refractivity contribution in [2.45, 2.75) is 18.7 Å². The minimum atomic E-state index is -4.22. The van der Waals surface area contributed by atoms with E-state index in [1.165, 1.54) is 54.6 Å². The van der Waals surface area contributed by atoms with Crippen LogP contribution in [-0.4, -0.2) is 40.1 Å². The third-order valence-electron chi connectivity index (χ3n) is 4.88. The van der Waals surface area contributed by atoms with Gasteiger partial charge in [0.15, 0.2) is 0 Å². The molecule has 0 bridgehead atoms. The van der Waals surface area contributed by atoms with Crippen LogP contribution in [0.2, 0.25) is 5.02 Å². The van der Waals surface area contributed by atoms with Crippen LogP contribution < -0.4 is 14.4 Å². The molecule has 8 nitrogen and oxygen atoms in total. The van der Waals surface area contributed by atoms with Crippen molar-refractivity contribution >= 4 is 44.9 Å². The third kappa shape index (κ3) is 6.52. The second-order valence-electron chi connectivity index (χ2n) is 7.36. The zero-order valence-electron chi connectivity index (χ0n) is 19.5. The molecule has 0 saturated heterocycles. The molecular formula is C25H24ClFN2O6S. The molecule has 0 aromatic heterocycles. The van der Waals surface area contributed by atoms with E-state index >= 15 is 0 Å². The van der Waals surface area contributed by atoms with Crippen LogP contribution in [0.15, 0.2) is 71.6 Å². The van der Waals surface area contributed by atoms with E-state index in [0.29, 0.717) is 12.4 Å². The minimum Gasteiger partial charge on any atom is -0.494 e. The Morgan fingerprint density at radius 2 is 1.64 bits per heavy atom. The minimum absolute atomic E-state index is 0.0663. The molecule has 0 saturated carbocycles. The molecule has 0 spiro atoms. The van der Waals surface area contributed by atoms with Gasteiger partial charge < -0.3 is 14.8 Å². The Kier molecular flexibility index (Phi) is 8.89. The molecule has 3 aromatic rings. The number of rotatable bonds is 10. The first-order valence-electron chi connectivity index (χ1n) is 10.9. The third-order valence-corrected chi connectivity index (χ3v) is 6.98. The van der Waals surface area contributed by atoms with Gasteiger partial charge in [-0.25, -0.2) is 17.6 Å². The van der Waals surface area contributed by atoms with E-state index in [-0.39, 0.29) is 33.5 Å². The standard InChI is InChI=1S/C25H24ClFN2O6S/c1-3-34-20-10-12-21(13-11-20)36(32,33)29(19-8-6-18(27)7-9-19)16-24(30)28-23-14-5-17(15-22(23)26)25(31)35-4-2/h5-15H,3-4,16H2,1-2H3,(H,28,30). The summed E-state index contributed by atoms with van der Waals surface area (Å²) in [6, 6.07) is 14.6. The number of amides is 1. The van der Waals surface area contributed by atoms with Crippen molar-refractivity contribution in [1.82, 2.24) is 0 Å². The van der Waals surface area contributed by atoms with Gasteiger partial charge in [-0.3, -0.25) is 9.10 Å². The Bertz CT molecular complexity index is 1330. The van der Waals surface area contributed by atoms with E-state index in [1.807, 2.05) is 0 Å². The lowest BCUT2D eigenvalue weighted by atomic mass is 10.2. The molecule has 0 heterocycles. The number of hydrogen-bond acceptors (Lipinski definition) is 6. The van der Waals surface area contributed by atoms with Crippen LogP contribution >= 0.6 is 11.6 Å². The van der Waals surface area contributed by atoms with E-state index in [4.69, 9.17) is 21.1 Å². The van der Waals surface area contributed by atoms with Crippen LogP contribution in [0.4, 0.5) is 15.8 Å². The highest BCUT2D eigenvalue weighted by molar-refractivity contribution is 7.92. The lowest BCUT2D eigenvalue weighted by Crippen LogP contribution is -2.38. The first-order chi connectivity index (χ1) is 17.1. The van der Waals surface area contributed by atoms with Gasteiger partial charge in [0.1, 0.15) is 18.1 Å². The van der Waals surface area contributed by atoms with E-state index in [1.54, 1.807) is 13.8 Å². The number of hydrogen-bond donors (Lipinski definition) is 1. The Morgan fingerprint density at radius 3 is 2.22 bits per heavy atom. The Hall–Kier alpha value is -3.63. The molecule has 0 aliphatic heterocycles. The summed E-state index contributed by atoms with van der Waals surface area (Å²) in [7, 11) is -4.22. The molecule has 36 heavy (non-hydrogen) atoms. The summed E-state index contributed by atoms with van der Waals surface area (Å²) < 4.78 is 51.6. The van der Waals surface area contributed by atoms with Gasteiger partial charge in [-0.1, -0.05) is 11.6 Å². The second kappa shape index (κ2) is 11.9. The summed E-state index contributed by atoms with van der Waals surface area (Å²) >= 11 is 6.21. The summed E-state index contributed by atoms with van der Waals surface area (Å²) in [5.74, 6) is -1.35. The molecule has 0 atom stereocenters. The molecule has 0 radical (unpaired) electrons. The van der Waals surface area contributed by atoms with Gasteiger partial charge in [-0.2, -0.15) is 0 Å². The summed E-state index contributed by atoms with van der Waals surface area (Å²) in [4.78, 5) is 24.7. The molecule has 190 valence electrons. The highest BCUT2D eigenvalue weighted by atomic mass is 35.5. The number of anilines is 2. The molecule has 0 aliphatic rings. The van der Waals surface area contributed by atoms with Crippen molar-refractivity contribution in [3.8, 4) is 5.75 Å². The maximum Gasteiger partial charge on any atom is 0.338 e. The fourth-order valence-electron chi connectivity index (χ4n) is 3.20. The molecular weight excluding hydrogens is 511 g/mol. The number of nitrogens with zero attached hydrogens (tertiary/aromatic N) is 1. The highest BCUT2D eigenvalue weighted by Crippen LogP contribution is 2.27. The maximum absolute atomic E-state index is 13.5. The fourth-order valence-corrected chi connectivity index (χ4v) is 4.85. The predicted octanol–water partition coefficient (Wildman–Crippen LogP) is 4.89. The SMILES string of the molecule is CCOC(=O)c1ccc(NC(=O)CN(c2ccc(F)cc2)S(=O)(=O)c2ccc(OCC)cc2)c(Cl)c1. The fraction of sp³-hybridized carbons (Fsp3) is 0.200. The molecule has 3 aromatic carbocycles. The number of halogens is 2. The summed E-state index contributed by atoms with van der Waals surface area (Å²) in [5, 5.41) is 2.61. The van der Waals surface area contributed by atoms with E-state index in [2.05, 4.69) is 5.32 Å². The largest absolute Gasteiger partial charge is 0.494 e. The van der Waals surface area contributed by atoms with Crippen LogP contribution in [-0.2, 0) is 19.6 Å². The maximum atomic E-state index is 13.5. The van der Waals surface area contributed by atoms with Gasteiger partial charge in [0.25, 0.3) is 10.0 Å². The van der Waals surface area contributed by atoms with E-state index in [0.717, 1.165) is 16.4 Å². The Labute approximate surface area is 213 Å². The van der Waals surface area contributed by atoms with Crippen molar-refractivity contribution in [2.24, 2.45) is 0 Å². The van der Waals surface area contributed by atoms with Gasteiger partial charge in [0.05, 0.1) is 40.1 Å². The molecule has 0 fully saturated rings. The quantitative estimate of drug-likeness (QED) is 0.372. The number of carbonyl (C=O) groups excluding carboxylic acids is 2. The number of nitrogens with one attached hydrogen (secondary N) is 1. The van der Waals surface area contributed by atoms with Crippen molar-refractivity contribution in [1.29, 1.82) is 0 Å². The average molecular weight is 535 g/mol. The van der Waals surface area contributed by atoms with Gasteiger partial charge in [0.2, 0.25) is 5.91 Å². The van der Waals surface area contributed by atoms with Crippen LogP contribution in [0.3, 0.4) is 0 Å². The second-order valence-corrected chi connectivity index (χ2v) is 9.63. The van der Waals surface area contributed by atoms with Gasteiger partial charge in [-0.05, 0) is 80.6 Å². The lowest BCUT2D eigenvalue weighted by Gasteiger charge is -2.24. The van der Waals surface area contributed by atoms with Crippen LogP contribution in [0, 0.1) is 5.82 Å². The van der Waals surface area contributed by atoms with Crippen molar-refractivity contribution in [3.05, 3.63) is 83.1 Å². The van der Waals surface area contributed by atoms with Crippen LogP contribution in [0.5, 0.6) is 5.75 Å². The molecule has 0 aliphatic carbocycles. The number of sulfonamides is 1. The van der Waals surface area contributed by atoms with Gasteiger partial charge in [-0.15, -0.1) is 0 Å². The van der Waals surface area contributed by atoms with Crippen molar-refractivity contribution < 1.29 is 31.9 Å². The number of benzene rings is 3. The molecule has 1 amide bonds. The van der Waals surface area contributed by atoms with E-state index in [9.17, 15) is 22.4 Å². The molecule has 0 unspecified atom stereocenters. The van der Waals surface area contributed by atoms with Gasteiger partial charge >= 0.3 is 5.97 Å². The monoisotopic (exact) mass is 534 g/mol. The first-order valence-corrected chi connectivity index (χ1v) is 12.7.